The molecule has 0 amide bonds. The zero-order chi connectivity index (χ0) is 10.4. The van der Waals surface area contributed by atoms with Crippen molar-refractivity contribution in [2.75, 3.05) is 20.3 Å². The number of rotatable bonds is 5. The van der Waals surface area contributed by atoms with Gasteiger partial charge in [-0.1, -0.05) is 6.07 Å². The van der Waals surface area contributed by atoms with Crippen molar-refractivity contribution in [2.45, 2.75) is 6.54 Å². The van der Waals surface area contributed by atoms with Gasteiger partial charge in [-0.25, -0.2) is 4.39 Å². The summed E-state index contributed by atoms with van der Waals surface area (Å²) in [7, 11) is 1.58. The summed E-state index contributed by atoms with van der Waals surface area (Å²) in [5.74, 6) is 0.159. The highest BCUT2D eigenvalue weighted by Crippen LogP contribution is 2.20. The predicted octanol–water partition coefficient (Wildman–Crippen LogP) is 1.31. The normalized spacial score (nSPS) is 10.2. The number of nitrogens with two attached hydrogens (primary N) is 1. The summed E-state index contributed by atoms with van der Waals surface area (Å²) in [5.41, 5.74) is 5.81. The molecule has 1 aromatic rings. The highest BCUT2D eigenvalue weighted by Gasteiger charge is 2.06. The van der Waals surface area contributed by atoms with Crippen LogP contribution in [0.25, 0.3) is 0 Å². The first-order valence-corrected chi connectivity index (χ1v) is 4.38. The van der Waals surface area contributed by atoms with Crippen LogP contribution >= 0.6 is 0 Å². The maximum atomic E-state index is 13.2. The quantitative estimate of drug-likeness (QED) is 0.727. The Morgan fingerprint density at radius 3 is 2.79 bits per heavy atom. The topological polar surface area (TPSA) is 44.5 Å². The van der Waals surface area contributed by atoms with Crippen molar-refractivity contribution in [3.63, 3.8) is 0 Å². The zero-order valence-corrected chi connectivity index (χ0v) is 8.13. The highest BCUT2D eigenvalue weighted by molar-refractivity contribution is 5.34. The van der Waals surface area contributed by atoms with E-state index in [-0.39, 0.29) is 12.4 Å². The van der Waals surface area contributed by atoms with E-state index in [1.54, 1.807) is 19.2 Å². The summed E-state index contributed by atoms with van der Waals surface area (Å²) < 4.78 is 23.3. The molecule has 4 heteroatoms. The van der Waals surface area contributed by atoms with E-state index < -0.39 is 0 Å². The van der Waals surface area contributed by atoms with E-state index in [9.17, 15) is 4.39 Å². The Labute approximate surface area is 82.6 Å². The van der Waals surface area contributed by atoms with Crippen LogP contribution in [-0.4, -0.2) is 20.3 Å². The van der Waals surface area contributed by atoms with Gasteiger partial charge < -0.3 is 15.2 Å². The molecule has 0 atom stereocenters. The molecule has 0 saturated carbocycles. The van der Waals surface area contributed by atoms with Gasteiger partial charge in [0.05, 0.1) is 6.61 Å². The molecule has 0 saturated heterocycles. The maximum absolute atomic E-state index is 13.2. The Morgan fingerprint density at radius 2 is 2.14 bits per heavy atom. The minimum absolute atomic E-state index is 0.134. The monoisotopic (exact) mass is 199 g/mol. The minimum atomic E-state index is -0.331. The molecule has 14 heavy (non-hydrogen) atoms. The lowest BCUT2D eigenvalue weighted by atomic mass is 10.2. The fourth-order valence-electron chi connectivity index (χ4n) is 1.11. The summed E-state index contributed by atoms with van der Waals surface area (Å²) in [5, 5.41) is 0. The molecule has 1 rings (SSSR count). The molecule has 1 aromatic carbocycles. The number of benzene rings is 1. The van der Waals surface area contributed by atoms with E-state index in [2.05, 4.69) is 0 Å². The number of hydrogen-bond acceptors (Lipinski definition) is 3. The Kier molecular flexibility index (Phi) is 4.35. The third-order valence-corrected chi connectivity index (χ3v) is 1.83. The largest absolute Gasteiger partial charge is 0.491 e. The second-order valence-electron chi connectivity index (χ2n) is 2.76. The first-order valence-electron chi connectivity index (χ1n) is 4.38. The van der Waals surface area contributed by atoms with E-state index in [0.29, 0.717) is 24.5 Å². The van der Waals surface area contributed by atoms with Gasteiger partial charge in [-0.15, -0.1) is 0 Å². The average molecular weight is 199 g/mol. The van der Waals surface area contributed by atoms with Gasteiger partial charge in [0.15, 0.2) is 0 Å². The molecule has 0 radical (unpaired) electrons. The Balaban J connectivity index is 2.70. The summed E-state index contributed by atoms with van der Waals surface area (Å²) >= 11 is 0. The molecule has 0 unspecified atom stereocenters. The lowest BCUT2D eigenvalue weighted by molar-refractivity contribution is 0.145. The summed E-state index contributed by atoms with van der Waals surface area (Å²) in [6.07, 6.45) is 0. The van der Waals surface area contributed by atoms with Crippen LogP contribution < -0.4 is 10.5 Å². The maximum Gasteiger partial charge on any atom is 0.131 e. The highest BCUT2D eigenvalue weighted by atomic mass is 19.1. The van der Waals surface area contributed by atoms with Crippen molar-refractivity contribution in [3.05, 3.63) is 29.6 Å². The molecular weight excluding hydrogens is 185 g/mol. The number of ether oxygens (including phenoxy) is 2. The van der Waals surface area contributed by atoms with Gasteiger partial charge in [-0.05, 0) is 12.1 Å². The van der Waals surface area contributed by atoms with Gasteiger partial charge in [0.1, 0.15) is 18.2 Å². The molecule has 0 spiro atoms. The number of halogens is 1. The van der Waals surface area contributed by atoms with Gasteiger partial charge in [0.2, 0.25) is 0 Å². The average Bonchev–Trinajstić information content (AvgIpc) is 2.18. The Morgan fingerprint density at radius 1 is 1.36 bits per heavy atom. The molecule has 2 N–H and O–H groups in total. The van der Waals surface area contributed by atoms with E-state index in [1.807, 2.05) is 0 Å². The molecule has 0 fully saturated rings. The van der Waals surface area contributed by atoms with E-state index in [4.69, 9.17) is 15.2 Å². The second-order valence-corrected chi connectivity index (χ2v) is 2.76. The third kappa shape index (κ3) is 2.68. The summed E-state index contributed by atoms with van der Waals surface area (Å²) in [6.45, 7) is 1.00. The van der Waals surface area contributed by atoms with Crippen molar-refractivity contribution in [2.24, 2.45) is 5.73 Å². The fraction of sp³-hybridized carbons (Fsp3) is 0.400. The standard InChI is InChI=1S/C10H14FNO2/c1-13-5-6-14-10-4-2-3-9(11)8(10)7-12/h2-4H,5-7,12H2,1H3. The number of methoxy groups -OCH3 is 1. The Bertz CT molecular complexity index is 291. The van der Waals surface area contributed by atoms with Crippen LogP contribution in [0.2, 0.25) is 0 Å². The minimum Gasteiger partial charge on any atom is -0.491 e. The van der Waals surface area contributed by atoms with Crippen LogP contribution in [0.5, 0.6) is 5.75 Å². The second kappa shape index (κ2) is 5.57. The van der Waals surface area contributed by atoms with E-state index in [1.165, 1.54) is 6.07 Å². The molecule has 0 aromatic heterocycles. The molecule has 0 bridgehead atoms. The van der Waals surface area contributed by atoms with Crippen LogP contribution in [-0.2, 0) is 11.3 Å². The smallest absolute Gasteiger partial charge is 0.131 e. The van der Waals surface area contributed by atoms with Crippen molar-refractivity contribution in [3.8, 4) is 5.75 Å². The Hall–Kier alpha value is -1.13. The first kappa shape index (κ1) is 10.9. The third-order valence-electron chi connectivity index (χ3n) is 1.83. The molecule has 0 aliphatic heterocycles. The molecular formula is C10H14FNO2. The first-order chi connectivity index (χ1) is 6.79. The van der Waals surface area contributed by atoms with Gasteiger partial charge in [-0.3, -0.25) is 0 Å². The van der Waals surface area contributed by atoms with Crippen molar-refractivity contribution in [1.29, 1.82) is 0 Å². The lowest BCUT2D eigenvalue weighted by Gasteiger charge is -2.10. The predicted molar refractivity (Wildman–Crippen MR) is 51.7 cm³/mol. The van der Waals surface area contributed by atoms with Crippen LogP contribution in [0, 0.1) is 5.82 Å². The van der Waals surface area contributed by atoms with Crippen molar-refractivity contribution < 1.29 is 13.9 Å². The van der Waals surface area contributed by atoms with Crippen LogP contribution in [0.1, 0.15) is 5.56 Å². The van der Waals surface area contributed by atoms with Crippen molar-refractivity contribution in [1.82, 2.24) is 0 Å². The van der Waals surface area contributed by atoms with Gasteiger partial charge >= 0.3 is 0 Å². The van der Waals surface area contributed by atoms with Crippen LogP contribution in [0.15, 0.2) is 18.2 Å². The molecule has 3 nitrogen and oxygen atoms in total. The number of hydrogen-bond donors (Lipinski definition) is 1. The van der Waals surface area contributed by atoms with Gasteiger partial charge in [0.25, 0.3) is 0 Å². The molecule has 78 valence electrons. The molecule has 0 aliphatic carbocycles. The molecule has 0 aliphatic rings. The fourth-order valence-corrected chi connectivity index (χ4v) is 1.11. The van der Waals surface area contributed by atoms with Crippen LogP contribution in [0.3, 0.4) is 0 Å². The van der Waals surface area contributed by atoms with Crippen molar-refractivity contribution >= 4 is 0 Å². The summed E-state index contributed by atoms with van der Waals surface area (Å²) in [6, 6.07) is 4.66. The van der Waals surface area contributed by atoms with Gasteiger partial charge in [0, 0.05) is 19.2 Å². The van der Waals surface area contributed by atoms with Gasteiger partial charge in [-0.2, -0.15) is 0 Å². The van der Waals surface area contributed by atoms with Crippen LogP contribution in [0.4, 0.5) is 4.39 Å². The molecule has 0 heterocycles. The SMILES string of the molecule is COCCOc1cccc(F)c1CN. The zero-order valence-electron chi connectivity index (χ0n) is 8.13. The van der Waals surface area contributed by atoms with E-state index in [0.717, 1.165) is 0 Å². The summed E-state index contributed by atoms with van der Waals surface area (Å²) in [4.78, 5) is 0. The van der Waals surface area contributed by atoms with E-state index >= 15 is 0 Å². The lowest BCUT2D eigenvalue weighted by Crippen LogP contribution is -2.09.